The van der Waals surface area contributed by atoms with Crippen molar-refractivity contribution < 1.29 is 4.39 Å². The van der Waals surface area contributed by atoms with E-state index in [9.17, 15) is 4.39 Å². The Bertz CT molecular complexity index is 1000. The molecule has 1 aromatic heterocycles. The number of nitriles is 1. The van der Waals surface area contributed by atoms with E-state index in [-0.39, 0.29) is 5.82 Å². The Balaban J connectivity index is 1.90. The fourth-order valence-corrected chi connectivity index (χ4v) is 3.52. The molecule has 4 nitrogen and oxygen atoms in total. The van der Waals surface area contributed by atoms with Gasteiger partial charge in [0.25, 0.3) is 0 Å². The van der Waals surface area contributed by atoms with Gasteiger partial charge in [-0.3, -0.25) is 0 Å². The molecule has 0 aliphatic carbocycles. The van der Waals surface area contributed by atoms with Crippen molar-refractivity contribution in [1.82, 2.24) is 9.78 Å². The third-order valence-electron chi connectivity index (χ3n) is 4.56. The lowest BCUT2D eigenvalue weighted by Crippen LogP contribution is -2.07. The first-order valence-electron chi connectivity index (χ1n) is 8.49. The van der Waals surface area contributed by atoms with Crippen LogP contribution in [0.1, 0.15) is 24.0 Å². The van der Waals surface area contributed by atoms with Crippen LogP contribution in [0, 0.1) is 17.1 Å². The van der Waals surface area contributed by atoms with Crippen LogP contribution in [0.15, 0.2) is 42.5 Å². The van der Waals surface area contributed by atoms with E-state index >= 15 is 0 Å². The predicted octanol–water partition coefficient (Wildman–Crippen LogP) is 4.95. The molecule has 0 saturated carbocycles. The van der Waals surface area contributed by atoms with Crippen molar-refractivity contribution in [1.29, 1.82) is 5.26 Å². The Hall–Kier alpha value is -2.84. The predicted molar refractivity (Wildman–Crippen MR) is 100 cm³/mol. The molecule has 6 heteroatoms. The van der Waals surface area contributed by atoms with E-state index in [1.807, 2.05) is 16.8 Å². The van der Waals surface area contributed by atoms with E-state index < -0.39 is 0 Å². The van der Waals surface area contributed by atoms with Gasteiger partial charge in [-0.05, 0) is 61.7 Å². The fourth-order valence-electron chi connectivity index (χ4n) is 3.26. The summed E-state index contributed by atoms with van der Waals surface area (Å²) < 4.78 is 15.3. The second kappa shape index (κ2) is 6.81. The molecule has 2 aromatic carbocycles. The van der Waals surface area contributed by atoms with Crippen LogP contribution in [0.3, 0.4) is 0 Å². The number of hydrogen-bond acceptors (Lipinski definition) is 3. The van der Waals surface area contributed by atoms with E-state index in [0.717, 1.165) is 54.1 Å². The molecule has 0 bridgehead atoms. The summed E-state index contributed by atoms with van der Waals surface area (Å²) in [5, 5.41) is 17.6. The number of rotatable bonds is 2. The molecule has 0 unspecified atom stereocenters. The summed E-state index contributed by atoms with van der Waals surface area (Å²) in [6, 6.07) is 13.8. The van der Waals surface area contributed by atoms with Gasteiger partial charge >= 0.3 is 0 Å². The second-order valence-electron chi connectivity index (χ2n) is 6.25. The smallest absolute Gasteiger partial charge is 0.133 e. The van der Waals surface area contributed by atoms with E-state index in [1.165, 1.54) is 12.1 Å². The van der Waals surface area contributed by atoms with Crippen LogP contribution in [-0.2, 0) is 6.42 Å². The Morgan fingerprint density at radius 2 is 1.96 bits per heavy atom. The lowest BCUT2D eigenvalue weighted by molar-refractivity contribution is 0.628. The molecule has 0 atom stereocenters. The quantitative estimate of drug-likeness (QED) is 0.698. The minimum Gasteiger partial charge on any atom is -0.370 e. The fraction of sp³-hybridized carbons (Fsp3) is 0.200. The van der Waals surface area contributed by atoms with Crippen molar-refractivity contribution >= 4 is 17.4 Å². The molecular weight excluding hydrogens is 351 g/mol. The van der Waals surface area contributed by atoms with Crippen LogP contribution in [0.4, 0.5) is 10.2 Å². The van der Waals surface area contributed by atoms with Crippen molar-refractivity contribution in [2.75, 3.05) is 11.9 Å². The summed E-state index contributed by atoms with van der Waals surface area (Å²) in [7, 11) is 0. The van der Waals surface area contributed by atoms with Crippen LogP contribution < -0.4 is 5.32 Å². The Kier molecular flexibility index (Phi) is 4.36. The first-order valence-corrected chi connectivity index (χ1v) is 8.87. The van der Waals surface area contributed by atoms with E-state index in [2.05, 4.69) is 11.4 Å². The van der Waals surface area contributed by atoms with Gasteiger partial charge in [0, 0.05) is 17.7 Å². The monoisotopic (exact) mass is 366 g/mol. The largest absolute Gasteiger partial charge is 0.370 e. The molecule has 0 radical (unpaired) electrons. The molecule has 0 fully saturated rings. The van der Waals surface area contributed by atoms with Gasteiger partial charge in [-0.2, -0.15) is 10.4 Å². The van der Waals surface area contributed by atoms with Crippen LogP contribution in [0.25, 0.3) is 16.9 Å². The summed E-state index contributed by atoms with van der Waals surface area (Å²) in [4.78, 5) is 0. The summed E-state index contributed by atoms with van der Waals surface area (Å²) in [5.74, 6) is 0.567. The highest BCUT2D eigenvalue weighted by Crippen LogP contribution is 2.37. The van der Waals surface area contributed by atoms with Crippen LogP contribution in [0.5, 0.6) is 0 Å². The summed E-state index contributed by atoms with van der Waals surface area (Å²) in [5.41, 5.74) is 4.03. The van der Waals surface area contributed by atoms with Gasteiger partial charge in [0.05, 0.1) is 28.0 Å². The number of hydrogen-bond donors (Lipinski definition) is 1. The number of aromatic nitrogens is 2. The van der Waals surface area contributed by atoms with Gasteiger partial charge in [0.1, 0.15) is 11.6 Å². The standard InChI is InChI=1S/C20H16ClFN4/c21-18-11-14(22)6-9-16(18)19-17-3-1-2-10-24-20(17)26(25-19)15-7-4-13(12-23)5-8-15/h4-9,11,24H,1-3,10H2. The van der Waals surface area contributed by atoms with Crippen molar-refractivity contribution in [2.24, 2.45) is 0 Å². The molecule has 2 heterocycles. The lowest BCUT2D eigenvalue weighted by atomic mass is 10.0. The highest BCUT2D eigenvalue weighted by Gasteiger charge is 2.23. The maximum atomic E-state index is 13.5. The van der Waals surface area contributed by atoms with Gasteiger partial charge in [-0.25, -0.2) is 9.07 Å². The van der Waals surface area contributed by atoms with E-state index in [1.54, 1.807) is 18.2 Å². The van der Waals surface area contributed by atoms with Crippen molar-refractivity contribution in [3.63, 3.8) is 0 Å². The molecule has 0 spiro atoms. The second-order valence-corrected chi connectivity index (χ2v) is 6.66. The Morgan fingerprint density at radius 1 is 1.15 bits per heavy atom. The number of fused-ring (bicyclic) bond motifs is 1. The number of anilines is 1. The minimum atomic E-state index is -0.366. The van der Waals surface area contributed by atoms with E-state index in [4.69, 9.17) is 22.0 Å². The SMILES string of the molecule is N#Cc1ccc(-n2nc(-c3ccc(F)cc3Cl)c3c2NCCCC3)cc1. The molecule has 1 aliphatic rings. The highest BCUT2D eigenvalue weighted by molar-refractivity contribution is 6.33. The third kappa shape index (κ3) is 2.93. The average molecular weight is 367 g/mol. The molecule has 26 heavy (non-hydrogen) atoms. The lowest BCUT2D eigenvalue weighted by Gasteiger charge is -2.09. The third-order valence-corrected chi connectivity index (χ3v) is 4.87. The topological polar surface area (TPSA) is 53.6 Å². The molecule has 1 N–H and O–H groups in total. The van der Waals surface area contributed by atoms with Gasteiger partial charge < -0.3 is 5.32 Å². The zero-order valence-corrected chi connectivity index (χ0v) is 14.7. The normalized spacial score (nSPS) is 13.4. The zero-order valence-electron chi connectivity index (χ0n) is 14.0. The van der Waals surface area contributed by atoms with Gasteiger partial charge in [0.15, 0.2) is 0 Å². The first-order chi connectivity index (χ1) is 12.7. The van der Waals surface area contributed by atoms with Gasteiger partial charge in [0.2, 0.25) is 0 Å². The maximum absolute atomic E-state index is 13.5. The van der Waals surface area contributed by atoms with Crippen LogP contribution in [-0.4, -0.2) is 16.3 Å². The van der Waals surface area contributed by atoms with Gasteiger partial charge in [-0.15, -0.1) is 0 Å². The molecule has 0 saturated heterocycles. The molecule has 130 valence electrons. The zero-order chi connectivity index (χ0) is 18.1. The average Bonchev–Trinajstić information content (AvgIpc) is 2.83. The Labute approximate surface area is 155 Å². The molecule has 0 amide bonds. The highest BCUT2D eigenvalue weighted by atomic mass is 35.5. The molecular formula is C20H16ClFN4. The number of halogens is 2. The number of benzene rings is 2. The number of nitrogens with one attached hydrogen (secondary N) is 1. The van der Waals surface area contributed by atoms with Crippen LogP contribution in [0.2, 0.25) is 5.02 Å². The molecule has 1 aliphatic heterocycles. The molecule has 4 rings (SSSR count). The van der Waals surface area contributed by atoms with Crippen molar-refractivity contribution in [3.05, 3.63) is 64.4 Å². The Morgan fingerprint density at radius 3 is 2.69 bits per heavy atom. The summed E-state index contributed by atoms with van der Waals surface area (Å²) in [6.07, 6.45) is 2.99. The summed E-state index contributed by atoms with van der Waals surface area (Å²) >= 11 is 6.30. The summed E-state index contributed by atoms with van der Waals surface area (Å²) in [6.45, 7) is 0.867. The van der Waals surface area contributed by atoms with Crippen molar-refractivity contribution in [3.8, 4) is 23.0 Å². The number of nitrogens with zero attached hydrogens (tertiary/aromatic N) is 3. The van der Waals surface area contributed by atoms with E-state index in [0.29, 0.717) is 10.6 Å². The van der Waals surface area contributed by atoms with Crippen molar-refractivity contribution in [2.45, 2.75) is 19.3 Å². The molecule has 3 aromatic rings. The van der Waals surface area contributed by atoms with Gasteiger partial charge in [-0.1, -0.05) is 11.6 Å². The maximum Gasteiger partial charge on any atom is 0.133 e. The van der Waals surface area contributed by atoms with Crippen LogP contribution >= 0.6 is 11.6 Å². The first kappa shape index (κ1) is 16.6. The minimum absolute atomic E-state index is 0.349.